The zero-order valence-electron chi connectivity index (χ0n) is 17.5. The second-order valence-electron chi connectivity index (χ2n) is 7.19. The Hall–Kier alpha value is -2.58. The standard InChI is InChI=1S/C22H28N2O5S/c1-4-28-20-13-8-17(14-21(20)29-5-2)15(3)23-22(25)16-6-11-19(12-7-16)30(26,27)24-18-9-10-18/h6-8,11-15,18,24H,4-5,9-10H2,1-3H3,(H,23,25). The normalized spacial score (nSPS) is 14.8. The molecule has 1 saturated carbocycles. The third kappa shape index (κ3) is 5.52. The molecule has 1 unspecified atom stereocenters. The summed E-state index contributed by atoms with van der Waals surface area (Å²) in [4.78, 5) is 12.8. The van der Waals surface area contributed by atoms with E-state index in [2.05, 4.69) is 10.0 Å². The first-order chi connectivity index (χ1) is 14.3. The molecule has 1 aliphatic rings. The molecule has 0 heterocycles. The molecule has 2 aromatic rings. The summed E-state index contributed by atoms with van der Waals surface area (Å²) in [7, 11) is -3.53. The van der Waals surface area contributed by atoms with Gasteiger partial charge in [-0.05, 0) is 75.6 Å². The van der Waals surface area contributed by atoms with E-state index in [0.29, 0.717) is 30.3 Å². The lowest BCUT2D eigenvalue weighted by molar-refractivity contribution is 0.0939. The molecule has 0 aromatic heterocycles. The minimum absolute atomic E-state index is 0.0366. The Labute approximate surface area is 177 Å². The lowest BCUT2D eigenvalue weighted by atomic mass is 10.1. The summed E-state index contributed by atoms with van der Waals surface area (Å²) in [5.74, 6) is 1.02. The van der Waals surface area contributed by atoms with Crippen molar-refractivity contribution in [3.63, 3.8) is 0 Å². The summed E-state index contributed by atoms with van der Waals surface area (Å²) in [6.45, 7) is 6.73. The summed E-state index contributed by atoms with van der Waals surface area (Å²) in [6.07, 6.45) is 1.74. The van der Waals surface area contributed by atoms with E-state index in [1.807, 2.05) is 39.0 Å². The van der Waals surface area contributed by atoms with Gasteiger partial charge in [-0.15, -0.1) is 0 Å². The molecular weight excluding hydrogens is 404 g/mol. The summed E-state index contributed by atoms with van der Waals surface area (Å²) in [5, 5.41) is 2.93. The zero-order valence-corrected chi connectivity index (χ0v) is 18.3. The number of carbonyl (C=O) groups is 1. The highest BCUT2D eigenvalue weighted by molar-refractivity contribution is 7.89. The van der Waals surface area contributed by atoms with E-state index in [9.17, 15) is 13.2 Å². The molecule has 0 spiro atoms. The second-order valence-corrected chi connectivity index (χ2v) is 8.90. The Morgan fingerprint density at radius 1 is 1.03 bits per heavy atom. The molecule has 7 nitrogen and oxygen atoms in total. The Morgan fingerprint density at radius 3 is 2.27 bits per heavy atom. The first-order valence-corrected chi connectivity index (χ1v) is 11.6. The van der Waals surface area contributed by atoms with Gasteiger partial charge < -0.3 is 14.8 Å². The molecule has 0 radical (unpaired) electrons. The van der Waals surface area contributed by atoms with E-state index in [-0.39, 0.29) is 22.9 Å². The number of hydrogen-bond donors (Lipinski definition) is 2. The number of benzene rings is 2. The first kappa shape index (κ1) is 22.1. The monoisotopic (exact) mass is 432 g/mol. The molecule has 30 heavy (non-hydrogen) atoms. The molecule has 0 aliphatic heterocycles. The maximum Gasteiger partial charge on any atom is 0.251 e. The van der Waals surface area contributed by atoms with Crippen molar-refractivity contribution in [1.82, 2.24) is 10.0 Å². The van der Waals surface area contributed by atoms with Gasteiger partial charge >= 0.3 is 0 Å². The van der Waals surface area contributed by atoms with Crippen molar-refractivity contribution in [2.75, 3.05) is 13.2 Å². The number of sulfonamides is 1. The van der Waals surface area contributed by atoms with Crippen LogP contribution < -0.4 is 19.5 Å². The van der Waals surface area contributed by atoms with Gasteiger partial charge in [-0.25, -0.2) is 13.1 Å². The predicted molar refractivity (Wildman–Crippen MR) is 114 cm³/mol. The van der Waals surface area contributed by atoms with E-state index >= 15 is 0 Å². The highest BCUT2D eigenvalue weighted by Gasteiger charge is 2.28. The molecule has 1 fully saturated rings. The van der Waals surface area contributed by atoms with Gasteiger partial charge in [0, 0.05) is 11.6 Å². The average molecular weight is 433 g/mol. The van der Waals surface area contributed by atoms with Crippen LogP contribution in [0.3, 0.4) is 0 Å². The van der Waals surface area contributed by atoms with Crippen LogP contribution in [-0.4, -0.2) is 33.6 Å². The van der Waals surface area contributed by atoms with E-state index in [4.69, 9.17) is 9.47 Å². The Kier molecular flexibility index (Phi) is 6.99. The van der Waals surface area contributed by atoms with Gasteiger partial charge in [0.2, 0.25) is 10.0 Å². The van der Waals surface area contributed by atoms with Crippen molar-refractivity contribution in [3.05, 3.63) is 53.6 Å². The molecular formula is C22H28N2O5S. The number of amides is 1. The molecule has 162 valence electrons. The molecule has 1 aliphatic carbocycles. The van der Waals surface area contributed by atoms with Crippen LogP contribution >= 0.6 is 0 Å². The summed E-state index contributed by atoms with van der Waals surface area (Å²) in [6, 6.07) is 11.3. The van der Waals surface area contributed by atoms with Gasteiger partial charge in [-0.1, -0.05) is 6.07 Å². The van der Waals surface area contributed by atoms with E-state index in [1.165, 1.54) is 24.3 Å². The van der Waals surface area contributed by atoms with Crippen molar-refractivity contribution in [3.8, 4) is 11.5 Å². The first-order valence-electron chi connectivity index (χ1n) is 10.2. The molecule has 0 saturated heterocycles. The Bertz CT molecular complexity index is 985. The lowest BCUT2D eigenvalue weighted by Crippen LogP contribution is -2.27. The van der Waals surface area contributed by atoms with Crippen LogP contribution in [0.5, 0.6) is 11.5 Å². The van der Waals surface area contributed by atoms with Crippen molar-refractivity contribution in [2.45, 2.75) is 50.6 Å². The summed E-state index contributed by atoms with van der Waals surface area (Å²) >= 11 is 0. The predicted octanol–water partition coefficient (Wildman–Crippen LogP) is 3.42. The third-order valence-corrected chi connectivity index (χ3v) is 6.28. The van der Waals surface area contributed by atoms with Gasteiger partial charge in [0.15, 0.2) is 11.5 Å². The van der Waals surface area contributed by atoms with Gasteiger partial charge in [-0.2, -0.15) is 0 Å². The number of carbonyl (C=O) groups excluding carboxylic acids is 1. The highest BCUT2D eigenvalue weighted by Crippen LogP contribution is 2.31. The summed E-state index contributed by atoms with van der Waals surface area (Å²) in [5.41, 5.74) is 1.27. The van der Waals surface area contributed by atoms with E-state index in [1.54, 1.807) is 0 Å². The fraction of sp³-hybridized carbons (Fsp3) is 0.409. The highest BCUT2D eigenvalue weighted by atomic mass is 32.2. The number of hydrogen-bond acceptors (Lipinski definition) is 5. The maximum absolute atomic E-state index is 12.6. The molecule has 8 heteroatoms. The van der Waals surface area contributed by atoms with Crippen LogP contribution in [-0.2, 0) is 10.0 Å². The summed E-state index contributed by atoms with van der Waals surface area (Å²) < 4.78 is 38.4. The van der Waals surface area contributed by atoms with Crippen LogP contribution in [0.1, 0.15) is 55.6 Å². The molecule has 2 aromatic carbocycles. The maximum atomic E-state index is 12.6. The van der Waals surface area contributed by atoms with Gasteiger partial charge in [-0.3, -0.25) is 4.79 Å². The topological polar surface area (TPSA) is 93.7 Å². The minimum Gasteiger partial charge on any atom is -0.490 e. The Balaban J connectivity index is 1.68. The SMILES string of the molecule is CCOc1ccc(C(C)NC(=O)c2ccc(S(=O)(=O)NC3CC3)cc2)cc1OCC. The zero-order chi connectivity index (χ0) is 21.7. The minimum atomic E-state index is -3.53. The Morgan fingerprint density at radius 2 is 1.67 bits per heavy atom. The van der Waals surface area contributed by atoms with Gasteiger partial charge in [0.1, 0.15) is 0 Å². The second kappa shape index (κ2) is 9.49. The fourth-order valence-electron chi connectivity index (χ4n) is 2.97. The fourth-order valence-corrected chi connectivity index (χ4v) is 4.28. The molecule has 0 bridgehead atoms. The van der Waals surface area contributed by atoms with Crippen molar-refractivity contribution < 1.29 is 22.7 Å². The van der Waals surface area contributed by atoms with Gasteiger partial charge in [0.05, 0.1) is 24.2 Å². The smallest absolute Gasteiger partial charge is 0.251 e. The quantitative estimate of drug-likeness (QED) is 0.600. The van der Waals surface area contributed by atoms with Crippen molar-refractivity contribution >= 4 is 15.9 Å². The number of rotatable bonds is 10. The van der Waals surface area contributed by atoms with E-state index in [0.717, 1.165) is 18.4 Å². The van der Waals surface area contributed by atoms with Crippen LogP contribution in [0.15, 0.2) is 47.4 Å². The number of nitrogens with one attached hydrogen (secondary N) is 2. The van der Waals surface area contributed by atoms with Crippen molar-refractivity contribution in [1.29, 1.82) is 0 Å². The van der Waals surface area contributed by atoms with Gasteiger partial charge in [0.25, 0.3) is 5.91 Å². The molecule has 3 rings (SSSR count). The molecule has 1 atom stereocenters. The molecule has 1 amide bonds. The largest absolute Gasteiger partial charge is 0.490 e. The lowest BCUT2D eigenvalue weighted by Gasteiger charge is -2.17. The van der Waals surface area contributed by atoms with Crippen LogP contribution in [0.4, 0.5) is 0 Å². The van der Waals surface area contributed by atoms with Crippen LogP contribution in [0.25, 0.3) is 0 Å². The average Bonchev–Trinajstić information content (AvgIpc) is 3.53. The third-order valence-electron chi connectivity index (χ3n) is 4.74. The van der Waals surface area contributed by atoms with Crippen LogP contribution in [0, 0.1) is 0 Å². The molecule has 2 N–H and O–H groups in total. The number of ether oxygens (including phenoxy) is 2. The van der Waals surface area contributed by atoms with E-state index < -0.39 is 10.0 Å². The van der Waals surface area contributed by atoms with Crippen molar-refractivity contribution in [2.24, 2.45) is 0 Å². The van der Waals surface area contributed by atoms with Crippen LogP contribution in [0.2, 0.25) is 0 Å².